The van der Waals surface area contributed by atoms with Crippen LogP contribution in [0, 0.1) is 0 Å². The molecule has 1 aromatic heterocycles. The number of carbonyl (C=O) groups excluding carboxylic acids is 1. The Morgan fingerprint density at radius 3 is 2.73 bits per heavy atom. The second-order valence-electron chi connectivity index (χ2n) is 2.68. The molecule has 0 aliphatic carbocycles. The molecule has 0 radical (unpaired) electrons. The topological polar surface area (TPSA) is 98.7 Å². The standard InChI is InChI=1S/C8H10N2O4S/c11-3-6(7(12)13)10-8(14)9-5-1-2-15-4-5/h1-2,4,6,11H,3H2,(H,12,13)(H2,9,10,14). The van der Waals surface area contributed by atoms with Crippen LogP contribution in [0.4, 0.5) is 10.5 Å². The maximum Gasteiger partial charge on any atom is 0.328 e. The van der Waals surface area contributed by atoms with Gasteiger partial charge in [-0.15, -0.1) is 0 Å². The Labute approximate surface area is 89.5 Å². The molecular formula is C8H10N2O4S. The lowest BCUT2D eigenvalue weighted by Gasteiger charge is -2.11. The van der Waals surface area contributed by atoms with Gasteiger partial charge in [-0.3, -0.25) is 0 Å². The van der Waals surface area contributed by atoms with E-state index in [2.05, 4.69) is 10.6 Å². The van der Waals surface area contributed by atoms with Gasteiger partial charge in [-0.2, -0.15) is 11.3 Å². The van der Waals surface area contributed by atoms with Gasteiger partial charge in [-0.25, -0.2) is 9.59 Å². The van der Waals surface area contributed by atoms with Gasteiger partial charge in [0.05, 0.1) is 12.3 Å². The maximum atomic E-state index is 11.2. The first-order valence-corrected chi connectivity index (χ1v) is 5.01. The molecule has 0 aliphatic heterocycles. The minimum absolute atomic E-state index is 0.583. The Morgan fingerprint density at radius 1 is 1.53 bits per heavy atom. The molecule has 0 fully saturated rings. The van der Waals surface area contributed by atoms with Crippen molar-refractivity contribution in [3.63, 3.8) is 0 Å². The Balaban J connectivity index is 2.45. The summed E-state index contributed by atoms with van der Waals surface area (Å²) in [6.07, 6.45) is 0. The van der Waals surface area contributed by atoms with Crippen LogP contribution in [0.2, 0.25) is 0 Å². The number of hydrogen-bond acceptors (Lipinski definition) is 4. The van der Waals surface area contributed by atoms with Crippen molar-refractivity contribution in [2.45, 2.75) is 6.04 Å². The summed E-state index contributed by atoms with van der Waals surface area (Å²) in [4.78, 5) is 21.7. The van der Waals surface area contributed by atoms with Crippen molar-refractivity contribution in [2.75, 3.05) is 11.9 Å². The highest BCUT2D eigenvalue weighted by atomic mass is 32.1. The third-order valence-electron chi connectivity index (χ3n) is 1.57. The highest BCUT2D eigenvalue weighted by Gasteiger charge is 2.18. The van der Waals surface area contributed by atoms with Crippen molar-refractivity contribution >= 4 is 29.0 Å². The normalized spacial score (nSPS) is 11.8. The van der Waals surface area contributed by atoms with Crippen molar-refractivity contribution in [3.05, 3.63) is 16.8 Å². The molecule has 4 N–H and O–H groups in total. The molecule has 0 saturated heterocycles. The van der Waals surface area contributed by atoms with Gasteiger partial charge in [0.15, 0.2) is 6.04 Å². The molecule has 1 unspecified atom stereocenters. The predicted molar refractivity (Wildman–Crippen MR) is 55.0 cm³/mol. The Bertz CT molecular complexity index is 338. The molecule has 1 aromatic rings. The molecule has 0 aliphatic rings. The number of thiophene rings is 1. The van der Waals surface area contributed by atoms with Crippen LogP contribution in [0.15, 0.2) is 16.8 Å². The maximum absolute atomic E-state index is 11.2. The number of nitrogens with one attached hydrogen (secondary N) is 2. The first-order valence-electron chi connectivity index (χ1n) is 4.07. The van der Waals surface area contributed by atoms with E-state index >= 15 is 0 Å². The molecule has 7 heteroatoms. The van der Waals surface area contributed by atoms with Crippen molar-refractivity contribution in [2.24, 2.45) is 0 Å². The zero-order valence-corrected chi connectivity index (χ0v) is 8.45. The second kappa shape index (κ2) is 5.32. The molecule has 1 rings (SSSR count). The van der Waals surface area contributed by atoms with E-state index in [9.17, 15) is 9.59 Å². The zero-order chi connectivity index (χ0) is 11.3. The summed E-state index contributed by atoms with van der Waals surface area (Å²) in [5.74, 6) is -1.28. The van der Waals surface area contributed by atoms with E-state index in [1.807, 2.05) is 0 Å². The summed E-state index contributed by atoms with van der Waals surface area (Å²) in [5.41, 5.74) is 0.583. The number of anilines is 1. The van der Waals surface area contributed by atoms with E-state index in [1.165, 1.54) is 11.3 Å². The SMILES string of the molecule is O=C(Nc1ccsc1)NC(CO)C(=O)O. The highest BCUT2D eigenvalue weighted by Crippen LogP contribution is 2.11. The monoisotopic (exact) mass is 230 g/mol. The van der Waals surface area contributed by atoms with Crippen LogP contribution in [0.1, 0.15) is 0 Å². The summed E-state index contributed by atoms with van der Waals surface area (Å²) >= 11 is 1.40. The molecule has 1 atom stereocenters. The van der Waals surface area contributed by atoms with E-state index in [0.29, 0.717) is 5.69 Å². The number of rotatable bonds is 4. The number of aliphatic hydroxyl groups is 1. The number of aliphatic carboxylic acids is 1. The van der Waals surface area contributed by atoms with Gasteiger partial charge in [0, 0.05) is 5.38 Å². The van der Waals surface area contributed by atoms with Crippen LogP contribution in [-0.2, 0) is 4.79 Å². The van der Waals surface area contributed by atoms with Gasteiger partial charge in [0.1, 0.15) is 0 Å². The predicted octanol–water partition coefficient (Wildman–Crippen LogP) is 0.315. The lowest BCUT2D eigenvalue weighted by molar-refractivity contribution is -0.140. The lowest BCUT2D eigenvalue weighted by atomic mass is 10.3. The number of carbonyl (C=O) groups is 2. The molecule has 0 bridgehead atoms. The summed E-state index contributed by atoms with van der Waals surface area (Å²) < 4.78 is 0. The summed E-state index contributed by atoms with van der Waals surface area (Å²) in [7, 11) is 0. The van der Waals surface area contributed by atoms with Gasteiger partial charge < -0.3 is 20.8 Å². The smallest absolute Gasteiger partial charge is 0.328 e. The molecule has 0 spiro atoms. The molecule has 0 saturated carbocycles. The van der Waals surface area contributed by atoms with Gasteiger partial charge in [0.2, 0.25) is 0 Å². The number of urea groups is 1. The summed E-state index contributed by atoms with van der Waals surface area (Å²) in [5, 5.41) is 25.2. The molecule has 2 amide bonds. The van der Waals surface area contributed by atoms with Gasteiger partial charge in [-0.05, 0) is 11.4 Å². The van der Waals surface area contributed by atoms with Gasteiger partial charge in [-0.1, -0.05) is 0 Å². The fourth-order valence-corrected chi connectivity index (χ4v) is 1.43. The second-order valence-corrected chi connectivity index (χ2v) is 3.46. The highest BCUT2D eigenvalue weighted by molar-refractivity contribution is 7.08. The molecule has 1 heterocycles. The number of aliphatic hydroxyl groups excluding tert-OH is 1. The fraction of sp³-hybridized carbons (Fsp3) is 0.250. The van der Waals surface area contributed by atoms with Crippen molar-refractivity contribution < 1.29 is 19.8 Å². The summed E-state index contributed by atoms with van der Waals surface area (Å²) in [6, 6.07) is -0.266. The average molecular weight is 230 g/mol. The van der Waals surface area contributed by atoms with Crippen molar-refractivity contribution in [1.82, 2.24) is 5.32 Å². The molecule has 0 aromatic carbocycles. The minimum Gasteiger partial charge on any atom is -0.480 e. The Morgan fingerprint density at radius 2 is 2.27 bits per heavy atom. The molecular weight excluding hydrogens is 220 g/mol. The average Bonchev–Trinajstić information content (AvgIpc) is 2.66. The first kappa shape index (κ1) is 11.5. The van der Waals surface area contributed by atoms with Gasteiger partial charge >= 0.3 is 12.0 Å². The van der Waals surface area contributed by atoms with Crippen molar-refractivity contribution in [1.29, 1.82) is 0 Å². The fourth-order valence-electron chi connectivity index (χ4n) is 0.846. The van der Waals surface area contributed by atoms with E-state index in [4.69, 9.17) is 10.2 Å². The third-order valence-corrected chi connectivity index (χ3v) is 2.25. The largest absolute Gasteiger partial charge is 0.480 e. The van der Waals surface area contributed by atoms with E-state index in [0.717, 1.165) is 0 Å². The zero-order valence-electron chi connectivity index (χ0n) is 7.64. The summed E-state index contributed by atoms with van der Waals surface area (Å²) in [6.45, 7) is -0.646. The Kier molecular flexibility index (Phi) is 4.07. The van der Waals surface area contributed by atoms with Crippen LogP contribution < -0.4 is 10.6 Å². The molecule has 82 valence electrons. The minimum atomic E-state index is -1.29. The quantitative estimate of drug-likeness (QED) is 0.598. The van der Waals surface area contributed by atoms with Crippen LogP contribution in [0.3, 0.4) is 0 Å². The third kappa shape index (κ3) is 3.56. The van der Waals surface area contributed by atoms with E-state index < -0.39 is 24.6 Å². The van der Waals surface area contributed by atoms with Crippen LogP contribution in [0.5, 0.6) is 0 Å². The van der Waals surface area contributed by atoms with Gasteiger partial charge in [0.25, 0.3) is 0 Å². The van der Waals surface area contributed by atoms with Crippen LogP contribution in [-0.4, -0.2) is 34.9 Å². The lowest BCUT2D eigenvalue weighted by Crippen LogP contribution is -2.45. The molecule has 15 heavy (non-hydrogen) atoms. The number of amides is 2. The first-order chi connectivity index (χ1) is 7.13. The molecule has 6 nitrogen and oxygen atoms in total. The number of hydrogen-bond donors (Lipinski definition) is 4. The van der Waals surface area contributed by atoms with E-state index in [1.54, 1.807) is 16.8 Å². The van der Waals surface area contributed by atoms with Crippen LogP contribution in [0.25, 0.3) is 0 Å². The van der Waals surface area contributed by atoms with E-state index in [-0.39, 0.29) is 0 Å². The van der Waals surface area contributed by atoms with Crippen LogP contribution >= 0.6 is 11.3 Å². The van der Waals surface area contributed by atoms with Crippen molar-refractivity contribution in [3.8, 4) is 0 Å². The number of carboxylic acid groups (broad SMARTS) is 1. The Hall–Kier alpha value is -1.60. The number of carboxylic acids is 1.